The molecule has 1 aromatic heterocycles. The molecule has 2 fully saturated rings. The Hall–Kier alpha value is -1.66. The van der Waals surface area contributed by atoms with Crippen molar-refractivity contribution in [1.82, 2.24) is 14.8 Å². The van der Waals surface area contributed by atoms with Crippen LogP contribution in [-0.2, 0) is 4.74 Å². The lowest BCUT2D eigenvalue weighted by atomic mass is 10.1. The van der Waals surface area contributed by atoms with Gasteiger partial charge in [-0.05, 0) is 44.5 Å². The first kappa shape index (κ1) is 16.2. The summed E-state index contributed by atoms with van der Waals surface area (Å²) in [6.45, 7) is 5.59. The van der Waals surface area contributed by atoms with E-state index in [1.165, 1.54) is 32.4 Å². The molecule has 0 aromatic carbocycles. The average Bonchev–Trinajstić information content (AvgIpc) is 3.06. The Morgan fingerprint density at radius 1 is 1.26 bits per heavy atom. The van der Waals surface area contributed by atoms with Crippen LogP contribution in [0.5, 0.6) is 0 Å². The van der Waals surface area contributed by atoms with Crippen molar-refractivity contribution in [3.8, 4) is 0 Å². The topological polar surface area (TPSA) is 57.7 Å². The second kappa shape index (κ2) is 8.26. The van der Waals surface area contributed by atoms with E-state index in [2.05, 4.69) is 15.2 Å². The fourth-order valence-corrected chi connectivity index (χ4v) is 3.21. The summed E-state index contributed by atoms with van der Waals surface area (Å²) in [4.78, 5) is 20.6. The van der Waals surface area contributed by atoms with E-state index >= 15 is 0 Å². The monoisotopic (exact) mass is 318 g/mol. The number of rotatable bonds is 5. The SMILES string of the molecule is O=C(Nc1ccccn1)N1CC[C@H](OCCN2CCCCC2)C1. The van der Waals surface area contributed by atoms with Crippen molar-refractivity contribution in [2.24, 2.45) is 0 Å². The summed E-state index contributed by atoms with van der Waals surface area (Å²) >= 11 is 0. The van der Waals surface area contributed by atoms with E-state index in [-0.39, 0.29) is 12.1 Å². The summed E-state index contributed by atoms with van der Waals surface area (Å²) in [6, 6.07) is 5.39. The summed E-state index contributed by atoms with van der Waals surface area (Å²) in [5.74, 6) is 0.590. The molecule has 2 amide bonds. The molecule has 23 heavy (non-hydrogen) atoms. The average molecular weight is 318 g/mol. The lowest BCUT2D eigenvalue weighted by molar-refractivity contribution is 0.0416. The highest BCUT2D eigenvalue weighted by Gasteiger charge is 2.27. The molecule has 126 valence electrons. The van der Waals surface area contributed by atoms with Crippen molar-refractivity contribution < 1.29 is 9.53 Å². The lowest BCUT2D eigenvalue weighted by Gasteiger charge is -2.26. The molecule has 3 heterocycles. The van der Waals surface area contributed by atoms with Gasteiger partial charge in [0.25, 0.3) is 0 Å². The molecule has 0 bridgehead atoms. The molecule has 0 unspecified atom stereocenters. The van der Waals surface area contributed by atoms with Crippen LogP contribution in [0.25, 0.3) is 0 Å². The number of nitrogens with one attached hydrogen (secondary N) is 1. The van der Waals surface area contributed by atoms with Gasteiger partial charge in [0, 0.05) is 25.8 Å². The summed E-state index contributed by atoms with van der Waals surface area (Å²) in [7, 11) is 0. The number of nitrogens with zero attached hydrogens (tertiary/aromatic N) is 3. The van der Waals surface area contributed by atoms with Gasteiger partial charge in [-0.1, -0.05) is 12.5 Å². The van der Waals surface area contributed by atoms with Gasteiger partial charge >= 0.3 is 6.03 Å². The molecule has 6 heteroatoms. The standard InChI is InChI=1S/C17H26N4O2/c22-17(19-16-6-2-3-8-18-16)21-11-7-15(14-21)23-13-12-20-9-4-1-5-10-20/h2-3,6,8,15H,1,4-5,7,9-14H2,(H,18,19,22)/t15-/m0/s1. The Bertz CT molecular complexity index is 491. The maximum Gasteiger partial charge on any atom is 0.323 e. The summed E-state index contributed by atoms with van der Waals surface area (Å²) in [6.07, 6.45) is 6.73. The van der Waals surface area contributed by atoms with Gasteiger partial charge in [0.05, 0.1) is 12.7 Å². The van der Waals surface area contributed by atoms with E-state index in [0.29, 0.717) is 12.4 Å². The van der Waals surface area contributed by atoms with Crippen LogP contribution < -0.4 is 5.32 Å². The van der Waals surface area contributed by atoms with E-state index in [9.17, 15) is 4.79 Å². The molecule has 1 N–H and O–H groups in total. The number of likely N-dealkylation sites (tertiary alicyclic amines) is 2. The maximum absolute atomic E-state index is 12.2. The van der Waals surface area contributed by atoms with E-state index in [0.717, 1.165) is 26.1 Å². The zero-order valence-electron chi connectivity index (χ0n) is 13.6. The number of pyridine rings is 1. The molecule has 2 aliphatic rings. The Morgan fingerprint density at radius 3 is 2.91 bits per heavy atom. The van der Waals surface area contributed by atoms with Gasteiger partial charge in [-0.15, -0.1) is 0 Å². The molecule has 0 radical (unpaired) electrons. The van der Waals surface area contributed by atoms with E-state index in [1.54, 1.807) is 17.2 Å². The third kappa shape index (κ3) is 4.91. The van der Waals surface area contributed by atoms with Crippen LogP contribution in [0.4, 0.5) is 10.6 Å². The fraction of sp³-hybridized carbons (Fsp3) is 0.647. The minimum absolute atomic E-state index is 0.0918. The second-order valence-corrected chi connectivity index (χ2v) is 6.27. The molecular formula is C17H26N4O2. The predicted molar refractivity (Wildman–Crippen MR) is 89.5 cm³/mol. The molecular weight excluding hydrogens is 292 g/mol. The third-order valence-electron chi connectivity index (χ3n) is 4.54. The van der Waals surface area contributed by atoms with Gasteiger partial charge < -0.3 is 14.5 Å². The molecule has 0 aliphatic carbocycles. The van der Waals surface area contributed by atoms with Gasteiger partial charge in [0.2, 0.25) is 0 Å². The van der Waals surface area contributed by atoms with Crippen LogP contribution in [0.3, 0.4) is 0 Å². The number of hydrogen-bond acceptors (Lipinski definition) is 4. The number of carbonyl (C=O) groups excluding carboxylic acids is 1. The number of aromatic nitrogens is 1. The van der Waals surface area contributed by atoms with Gasteiger partial charge in [0.1, 0.15) is 5.82 Å². The number of amides is 2. The molecule has 2 aliphatic heterocycles. The lowest BCUT2D eigenvalue weighted by Crippen LogP contribution is -2.35. The van der Waals surface area contributed by atoms with Crippen LogP contribution in [0.2, 0.25) is 0 Å². The minimum Gasteiger partial charge on any atom is -0.375 e. The van der Waals surface area contributed by atoms with Gasteiger partial charge in [-0.25, -0.2) is 9.78 Å². The molecule has 3 rings (SSSR count). The van der Waals surface area contributed by atoms with Crippen LogP contribution >= 0.6 is 0 Å². The zero-order chi connectivity index (χ0) is 15.9. The summed E-state index contributed by atoms with van der Waals surface area (Å²) in [5.41, 5.74) is 0. The largest absolute Gasteiger partial charge is 0.375 e. The van der Waals surface area contributed by atoms with Crippen LogP contribution in [0.1, 0.15) is 25.7 Å². The quantitative estimate of drug-likeness (QED) is 0.904. The Balaban J connectivity index is 1.35. The van der Waals surface area contributed by atoms with Crippen molar-refractivity contribution in [3.05, 3.63) is 24.4 Å². The summed E-state index contributed by atoms with van der Waals surface area (Å²) in [5, 5.41) is 2.82. The van der Waals surface area contributed by atoms with Gasteiger partial charge in [-0.2, -0.15) is 0 Å². The van der Waals surface area contributed by atoms with Crippen LogP contribution in [0, 0.1) is 0 Å². The number of ether oxygens (including phenoxy) is 1. The second-order valence-electron chi connectivity index (χ2n) is 6.27. The zero-order valence-corrected chi connectivity index (χ0v) is 13.6. The van der Waals surface area contributed by atoms with Crippen molar-refractivity contribution in [3.63, 3.8) is 0 Å². The number of hydrogen-bond donors (Lipinski definition) is 1. The Kier molecular flexibility index (Phi) is 5.82. The Labute approximate surface area is 137 Å². The molecule has 1 aromatic rings. The van der Waals surface area contributed by atoms with Crippen molar-refractivity contribution in [1.29, 1.82) is 0 Å². The number of piperidine rings is 1. The van der Waals surface area contributed by atoms with Crippen molar-refractivity contribution >= 4 is 11.8 Å². The van der Waals surface area contributed by atoms with E-state index in [1.807, 2.05) is 12.1 Å². The van der Waals surface area contributed by atoms with E-state index in [4.69, 9.17) is 4.74 Å². The minimum atomic E-state index is -0.0918. The summed E-state index contributed by atoms with van der Waals surface area (Å²) < 4.78 is 5.96. The molecule has 1 atom stereocenters. The molecule has 0 spiro atoms. The smallest absolute Gasteiger partial charge is 0.323 e. The normalized spacial score (nSPS) is 22.3. The van der Waals surface area contributed by atoms with Gasteiger partial charge in [-0.3, -0.25) is 5.32 Å². The number of anilines is 1. The van der Waals surface area contributed by atoms with Gasteiger partial charge in [0.15, 0.2) is 0 Å². The third-order valence-corrected chi connectivity index (χ3v) is 4.54. The first-order valence-corrected chi connectivity index (χ1v) is 8.62. The van der Waals surface area contributed by atoms with E-state index < -0.39 is 0 Å². The number of carbonyl (C=O) groups is 1. The number of urea groups is 1. The first-order valence-electron chi connectivity index (χ1n) is 8.62. The van der Waals surface area contributed by atoms with Crippen LogP contribution in [-0.4, -0.2) is 66.2 Å². The molecule has 0 saturated carbocycles. The highest BCUT2D eigenvalue weighted by molar-refractivity contribution is 5.88. The fourth-order valence-electron chi connectivity index (χ4n) is 3.21. The maximum atomic E-state index is 12.2. The Morgan fingerprint density at radius 2 is 2.13 bits per heavy atom. The highest BCUT2D eigenvalue weighted by Crippen LogP contribution is 2.15. The molecule has 6 nitrogen and oxygen atoms in total. The van der Waals surface area contributed by atoms with Crippen molar-refractivity contribution in [2.75, 3.05) is 44.6 Å². The van der Waals surface area contributed by atoms with Crippen molar-refractivity contribution in [2.45, 2.75) is 31.8 Å². The predicted octanol–water partition coefficient (Wildman–Crippen LogP) is 2.19. The molecule has 2 saturated heterocycles. The first-order chi connectivity index (χ1) is 11.3. The highest BCUT2D eigenvalue weighted by atomic mass is 16.5. The van der Waals surface area contributed by atoms with Crippen LogP contribution in [0.15, 0.2) is 24.4 Å².